The standard InChI is InChI=1S/C12H17BrN2/c1-8-2-5-10(13)11(6-8)15-12(7-14)9-3-4-9/h2,5-6,9,12,15H,3-4,7,14H2,1H3. The number of rotatable bonds is 4. The Morgan fingerprint density at radius 3 is 2.87 bits per heavy atom. The fourth-order valence-electron chi connectivity index (χ4n) is 1.82. The Morgan fingerprint density at radius 2 is 2.27 bits per heavy atom. The van der Waals surface area contributed by atoms with Gasteiger partial charge in [-0.1, -0.05) is 6.07 Å². The van der Waals surface area contributed by atoms with Crippen LogP contribution in [0.5, 0.6) is 0 Å². The maximum absolute atomic E-state index is 5.77. The minimum Gasteiger partial charge on any atom is -0.380 e. The second-order valence-electron chi connectivity index (χ2n) is 4.31. The Hall–Kier alpha value is -0.540. The summed E-state index contributed by atoms with van der Waals surface area (Å²) in [7, 11) is 0. The minimum atomic E-state index is 0.433. The van der Waals surface area contributed by atoms with E-state index in [1.54, 1.807) is 0 Å². The summed E-state index contributed by atoms with van der Waals surface area (Å²) in [5.41, 5.74) is 8.21. The lowest BCUT2D eigenvalue weighted by molar-refractivity contribution is 0.645. The van der Waals surface area contributed by atoms with Crippen LogP contribution in [0.1, 0.15) is 18.4 Å². The highest BCUT2D eigenvalue weighted by Crippen LogP contribution is 2.35. The zero-order valence-electron chi connectivity index (χ0n) is 8.96. The molecule has 1 aliphatic rings. The van der Waals surface area contributed by atoms with E-state index >= 15 is 0 Å². The van der Waals surface area contributed by atoms with Crippen LogP contribution >= 0.6 is 15.9 Å². The molecule has 1 aliphatic carbocycles. The number of nitrogens with one attached hydrogen (secondary N) is 1. The highest BCUT2D eigenvalue weighted by molar-refractivity contribution is 9.10. The van der Waals surface area contributed by atoms with Gasteiger partial charge in [-0.25, -0.2) is 0 Å². The predicted octanol–water partition coefficient (Wildman–Crippen LogP) is 2.91. The van der Waals surface area contributed by atoms with Crippen LogP contribution in [-0.2, 0) is 0 Å². The number of nitrogens with two attached hydrogens (primary N) is 1. The summed E-state index contributed by atoms with van der Waals surface area (Å²) in [5.74, 6) is 0.780. The van der Waals surface area contributed by atoms with E-state index in [1.165, 1.54) is 18.4 Å². The molecule has 2 rings (SSSR count). The minimum absolute atomic E-state index is 0.433. The van der Waals surface area contributed by atoms with Crippen molar-refractivity contribution in [2.75, 3.05) is 11.9 Å². The molecule has 1 aromatic rings. The first-order valence-electron chi connectivity index (χ1n) is 5.43. The SMILES string of the molecule is Cc1ccc(Br)c(NC(CN)C2CC2)c1. The summed E-state index contributed by atoms with van der Waals surface area (Å²) in [4.78, 5) is 0. The van der Waals surface area contributed by atoms with Crippen molar-refractivity contribution < 1.29 is 0 Å². The predicted molar refractivity (Wildman–Crippen MR) is 68.1 cm³/mol. The molecule has 0 amide bonds. The second kappa shape index (κ2) is 4.54. The number of hydrogen-bond acceptors (Lipinski definition) is 2. The van der Waals surface area contributed by atoms with E-state index in [1.807, 2.05) is 0 Å². The van der Waals surface area contributed by atoms with Crippen molar-refractivity contribution in [1.29, 1.82) is 0 Å². The molecule has 0 aromatic heterocycles. The number of halogens is 1. The van der Waals surface area contributed by atoms with E-state index in [0.29, 0.717) is 12.6 Å². The fraction of sp³-hybridized carbons (Fsp3) is 0.500. The van der Waals surface area contributed by atoms with Gasteiger partial charge in [0.05, 0.1) is 0 Å². The van der Waals surface area contributed by atoms with E-state index in [-0.39, 0.29) is 0 Å². The number of aryl methyl sites for hydroxylation is 1. The van der Waals surface area contributed by atoms with Gasteiger partial charge in [-0.3, -0.25) is 0 Å². The molecule has 1 aromatic carbocycles. The van der Waals surface area contributed by atoms with Crippen LogP contribution < -0.4 is 11.1 Å². The van der Waals surface area contributed by atoms with Crippen molar-refractivity contribution in [2.24, 2.45) is 11.7 Å². The van der Waals surface area contributed by atoms with Crippen molar-refractivity contribution in [3.05, 3.63) is 28.2 Å². The van der Waals surface area contributed by atoms with Crippen molar-refractivity contribution in [3.63, 3.8) is 0 Å². The first kappa shape index (κ1) is 11.0. The normalized spacial score (nSPS) is 17.5. The van der Waals surface area contributed by atoms with Gasteiger partial charge in [0.25, 0.3) is 0 Å². The van der Waals surface area contributed by atoms with Crippen LogP contribution in [0.2, 0.25) is 0 Å². The van der Waals surface area contributed by atoms with E-state index in [2.05, 4.69) is 46.4 Å². The molecule has 82 valence electrons. The summed E-state index contributed by atoms with van der Waals surface area (Å²) in [5, 5.41) is 3.53. The summed E-state index contributed by atoms with van der Waals surface area (Å²) in [6.45, 7) is 2.82. The highest BCUT2D eigenvalue weighted by Gasteiger charge is 2.30. The Kier molecular flexibility index (Phi) is 3.32. The summed E-state index contributed by atoms with van der Waals surface area (Å²) >= 11 is 3.55. The molecule has 1 atom stereocenters. The van der Waals surface area contributed by atoms with Crippen LogP contribution in [0.25, 0.3) is 0 Å². The quantitative estimate of drug-likeness (QED) is 0.882. The molecule has 3 N–H and O–H groups in total. The van der Waals surface area contributed by atoms with E-state index < -0.39 is 0 Å². The zero-order valence-corrected chi connectivity index (χ0v) is 10.5. The van der Waals surface area contributed by atoms with Gasteiger partial charge in [0, 0.05) is 22.7 Å². The van der Waals surface area contributed by atoms with Crippen molar-refractivity contribution in [1.82, 2.24) is 0 Å². The molecule has 3 heteroatoms. The van der Waals surface area contributed by atoms with Gasteiger partial charge in [-0.05, 0) is 59.3 Å². The largest absolute Gasteiger partial charge is 0.380 e. The smallest absolute Gasteiger partial charge is 0.0489 e. The number of benzene rings is 1. The maximum Gasteiger partial charge on any atom is 0.0489 e. The molecule has 0 radical (unpaired) electrons. The number of hydrogen-bond donors (Lipinski definition) is 2. The third-order valence-electron chi connectivity index (χ3n) is 2.91. The Balaban J connectivity index is 2.11. The highest BCUT2D eigenvalue weighted by atomic mass is 79.9. The molecule has 0 spiro atoms. The monoisotopic (exact) mass is 268 g/mol. The van der Waals surface area contributed by atoms with Crippen molar-refractivity contribution in [2.45, 2.75) is 25.8 Å². The first-order valence-corrected chi connectivity index (χ1v) is 6.23. The maximum atomic E-state index is 5.77. The first-order chi connectivity index (χ1) is 7.20. The molecule has 2 nitrogen and oxygen atoms in total. The molecule has 0 aliphatic heterocycles. The summed E-state index contributed by atoms with van der Waals surface area (Å²) < 4.78 is 1.12. The fourth-order valence-corrected chi connectivity index (χ4v) is 2.18. The van der Waals surface area contributed by atoms with Crippen LogP contribution in [0.3, 0.4) is 0 Å². The lowest BCUT2D eigenvalue weighted by atomic mass is 10.1. The van der Waals surface area contributed by atoms with Gasteiger partial charge in [-0.15, -0.1) is 0 Å². The lowest BCUT2D eigenvalue weighted by Gasteiger charge is -2.18. The Bertz CT molecular complexity index is 347. The van der Waals surface area contributed by atoms with Crippen molar-refractivity contribution in [3.8, 4) is 0 Å². The lowest BCUT2D eigenvalue weighted by Crippen LogP contribution is -2.30. The average Bonchev–Trinajstić information content (AvgIpc) is 3.03. The molecule has 1 unspecified atom stereocenters. The molecular weight excluding hydrogens is 252 g/mol. The van der Waals surface area contributed by atoms with E-state index in [4.69, 9.17) is 5.73 Å². The molecular formula is C12H17BrN2. The Labute approximate surface area is 99.4 Å². The average molecular weight is 269 g/mol. The summed E-state index contributed by atoms with van der Waals surface area (Å²) in [6.07, 6.45) is 2.64. The van der Waals surface area contributed by atoms with Crippen LogP contribution in [0.15, 0.2) is 22.7 Å². The third kappa shape index (κ3) is 2.73. The topological polar surface area (TPSA) is 38.0 Å². The molecule has 0 heterocycles. The number of anilines is 1. The van der Waals surface area contributed by atoms with Gasteiger partial charge >= 0.3 is 0 Å². The molecule has 1 fully saturated rings. The molecule has 0 saturated heterocycles. The van der Waals surface area contributed by atoms with Gasteiger partial charge in [0.1, 0.15) is 0 Å². The van der Waals surface area contributed by atoms with E-state index in [9.17, 15) is 0 Å². The van der Waals surface area contributed by atoms with Gasteiger partial charge in [0.2, 0.25) is 0 Å². The van der Waals surface area contributed by atoms with E-state index in [0.717, 1.165) is 16.1 Å². The molecule has 0 bridgehead atoms. The van der Waals surface area contributed by atoms with Crippen LogP contribution in [0, 0.1) is 12.8 Å². The second-order valence-corrected chi connectivity index (χ2v) is 5.16. The van der Waals surface area contributed by atoms with Crippen molar-refractivity contribution >= 4 is 21.6 Å². The van der Waals surface area contributed by atoms with Gasteiger partial charge in [0.15, 0.2) is 0 Å². The zero-order chi connectivity index (χ0) is 10.8. The van der Waals surface area contributed by atoms with Gasteiger partial charge < -0.3 is 11.1 Å². The Morgan fingerprint density at radius 1 is 1.53 bits per heavy atom. The molecule has 15 heavy (non-hydrogen) atoms. The third-order valence-corrected chi connectivity index (χ3v) is 3.60. The van der Waals surface area contributed by atoms with Crippen LogP contribution in [0.4, 0.5) is 5.69 Å². The molecule has 1 saturated carbocycles. The summed E-state index contributed by atoms with van der Waals surface area (Å²) in [6, 6.07) is 6.78. The van der Waals surface area contributed by atoms with Crippen LogP contribution in [-0.4, -0.2) is 12.6 Å². The van der Waals surface area contributed by atoms with Gasteiger partial charge in [-0.2, -0.15) is 0 Å².